The minimum absolute atomic E-state index is 0.0679. The summed E-state index contributed by atoms with van der Waals surface area (Å²) in [4.78, 5) is 14.8. The van der Waals surface area contributed by atoms with E-state index in [9.17, 15) is 4.79 Å². The highest BCUT2D eigenvalue weighted by Crippen LogP contribution is 2.22. The van der Waals surface area contributed by atoms with E-state index in [0.29, 0.717) is 23.6 Å². The number of methoxy groups -OCH3 is 1. The zero-order chi connectivity index (χ0) is 15.4. The van der Waals surface area contributed by atoms with Crippen LogP contribution in [-0.2, 0) is 6.54 Å². The predicted octanol–water partition coefficient (Wildman–Crippen LogP) is 2.29. The van der Waals surface area contributed by atoms with Gasteiger partial charge in [0.05, 0.1) is 19.9 Å². The van der Waals surface area contributed by atoms with E-state index in [1.807, 2.05) is 43.3 Å². The molecule has 6 heteroatoms. The summed E-state index contributed by atoms with van der Waals surface area (Å²) in [5.74, 6) is 0.444. The van der Waals surface area contributed by atoms with E-state index in [1.54, 1.807) is 18.0 Å². The van der Waals surface area contributed by atoms with Crippen LogP contribution in [0, 0.1) is 3.57 Å². The highest BCUT2D eigenvalue weighted by molar-refractivity contribution is 14.1. The van der Waals surface area contributed by atoms with Gasteiger partial charge in [0.15, 0.2) is 11.4 Å². The number of hydrogen-bond donors (Lipinski definition) is 0. The molecule has 0 atom stereocenters. The minimum atomic E-state index is -0.0679. The number of carbonyl (C=O) groups is 1. The third-order valence-corrected chi connectivity index (χ3v) is 3.76. The molecule has 112 valence electrons. The Hall–Kier alpha value is -1.41. The van der Waals surface area contributed by atoms with Crippen LogP contribution in [0.15, 0.2) is 30.5 Å². The summed E-state index contributed by atoms with van der Waals surface area (Å²) in [6.07, 6.45) is 1.59. The molecule has 2 rings (SSSR count). The van der Waals surface area contributed by atoms with Crippen LogP contribution < -0.4 is 4.74 Å². The second kappa shape index (κ2) is 7.04. The van der Waals surface area contributed by atoms with Gasteiger partial charge in [-0.1, -0.05) is 12.1 Å². The standard InChI is InChI=1S/C15H18IN3O2/c1-18(2)7-8-19-14(13(21-3)10-17-19)15(20)11-5-4-6-12(16)9-11/h4-6,9-10H,7-8H2,1-3H3. The number of likely N-dealkylation sites (N-methyl/N-ethyl adjacent to an activating group) is 1. The van der Waals surface area contributed by atoms with Crippen molar-refractivity contribution in [2.75, 3.05) is 27.7 Å². The Balaban J connectivity index is 2.36. The second-order valence-electron chi connectivity index (χ2n) is 4.93. The molecule has 1 heterocycles. The van der Waals surface area contributed by atoms with Crippen LogP contribution in [0.2, 0.25) is 0 Å². The van der Waals surface area contributed by atoms with Gasteiger partial charge in [-0.05, 0) is 48.8 Å². The Kier molecular flexibility index (Phi) is 5.35. The molecule has 0 bridgehead atoms. The maximum atomic E-state index is 12.7. The van der Waals surface area contributed by atoms with E-state index in [4.69, 9.17) is 4.74 Å². The van der Waals surface area contributed by atoms with E-state index in [2.05, 4.69) is 27.7 Å². The molecule has 0 saturated carbocycles. The molecule has 1 aromatic carbocycles. The summed E-state index contributed by atoms with van der Waals surface area (Å²) in [5, 5.41) is 4.27. The third-order valence-electron chi connectivity index (χ3n) is 3.09. The van der Waals surface area contributed by atoms with E-state index < -0.39 is 0 Å². The Morgan fingerprint density at radius 1 is 1.43 bits per heavy atom. The third kappa shape index (κ3) is 3.82. The molecule has 0 fully saturated rings. The summed E-state index contributed by atoms with van der Waals surface area (Å²) in [7, 11) is 5.53. The lowest BCUT2D eigenvalue weighted by molar-refractivity contribution is 0.102. The van der Waals surface area contributed by atoms with Crippen molar-refractivity contribution in [2.45, 2.75) is 6.54 Å². The van der Waals surface area contributed by atoms with E-state index in [1.165, 1.54) is 0 Å². The van der Waals surface area contributed by atoms with Crippen LogP contribution in [0.3, 0.4) is 0 Å². The molecule has 0 radical (unpaired) electrons. The maximum absolute atomic E-state index is 12.7. The highest BCUT2D eigenvalue weighted by atomic mass is 127. The predicted molar refractivity (Wildman–Crippen MR) is 89.9 cm³/mol. The van der Waals surface area contributed by atoms with Crippen LogP contribution in [0.1, 0.15) is 16.1 Å². The van der Waals surface area contributed by atoms with Crippen LogP contribution in [0.5, 0.6) is 5.75 Å². The normalized spacial score (nSPS) is 10.9. The molecular weight excluding hydrogens is 381 g/mol. The molecular formula is C15H18IN3O2. The molecule has 0 saturated heterocycles. The van der Waals surface area contributed by atoms with Gasteiger partial charge in [-0.25, -0.2) is 0 Å². The molecule has 0 aliphatic heterocycles. The van der Waals surface area contributed by atoms with E-state index in [0.717, 1.165) is 10.1 Å². The van der Waals surface area contributed by atoms with Gasteiger partial charge in [-0.15, -0.1) is 0 Å². The van der Waals surface area contributed by atoms with Crippen LogP contribution in [-0.4, -0.2) is 48.2 Å². The van der Waals surface area contributed by atoms with Gasteiger partial charge >= 0.3 is 0 Å². The number of halogens is 1. The largest absolute Gasteiger partial charge is 0.493 e. The van der Waals surface area contributed by atoms with Gasteiger partial charge in [0, 0.05) is 15.7 Å². The second-order valence-corrected chi connectivity index (χ2v) is 6.17. The maximum Gasteiger partial charge on any atom is 0.214 e. The van der Waals surface area contributed by atoms with Crippen molar-refractivity contribution in [3.8, 4) is 5.75 Å². The Bertz CT molecular complexity index is 638. The Morgan fingerprint density at radius 2 is 2.19 bits per heavy atom. The van der Waals surface area contributed by atoms with E-state index >= 15 is 0 Å². The first-order valence-electron chi connectivity index (χ1n) is 6.57. The van der Waals surface area contributed by atoms with Crippen molar-refractivity contribution >= 4 is 28.4 Å². The lowest BCUT2D eigenvalue weighted by Crippen LogP contribution is -2.22. The lowest BCUT2D eigenvalue weighted by Gasteiger charge is -2.12. The Morgan fingerprint density at radius 3 is 2.81 bits per heavy atom. The van der Waals surface area contributed by atoms with Gasteiger partial charge in [-0.2, -0.15) is 5.10 Å². The zero-order valence-corrected chi connectivity index (χ0v) is 14.5. The first kappa shape index (κ1) is 16.0. The fourth-order valence-electron chi connectivity index (χ4n) is 1.98. The van der Waals surface area contributed by atoms with Crippen LogP contribution in [0.25, 0.3) is 0 Å². The summed E-state index contributed by atoms with van der Waals surface area (Å²) in [6, 6.07) is 7.51. The molecule has 0 N–H and O–H groups in total. The molecule has 0 amide bonds. The monoisotopic (exact) mass is 399 g/mol. The number of carbonyl (C=O) groups excluding carboxylic acids is 1. The number of ketones is 1. The SMILES string of the molecule is COc1cnn(CCN(C)C)c1C(=O)c1cccc(I)c1. The van der Waals surface area contributed by atoms with Gasteiger partial charge in [0.2, 0.25) is 5.78 Å². The molecule has 0 aliphatic carbocycles. The first-order valence-corrected chi connectivity index (χ1v) is 7.65. The van der Waals surface area contributed by atoms with Crippen molar-refractivity contribution in [3.63, 3.8) is 0 Å². The van der Waals surface area contributed by atoms with Crippen molar-refractivity contribution in [2.24, 2.45) is 0 Å². The number of aromatic nitrogens is 2. The van der Waals surface area contributed by atoms with Gasteiger partial charge in [0.1, 0.15) is 0 Å². The Labute approximate surface area is 138 Å². The summed E-state index contributed by atoms with van der Waals surface area (Å²) >= 11 is 2.20. The van der Waals surface area contributed by atoms with Gasteiger partial charge in [-0.3, -0.25) is 9.48 Å². The fraction of sp³-hybridized carbons (Fsp3) is 0.333. The van der Waals surface area contributed by atoms with Crippen molar-refractivity contribution in [1.29, 1.82) is 0 Å². The zero-order valence-electron chi connectivity index (χ0n) is 12.3. The molecule has 1 aromatic heterocycles. The molecule has 0 unspecified atom stereocenters. The molecule has 0 spiro atoms. The van der Waals surface area contributed by atoms with Crippen LogP contribution in [0.4, 0.5) is 0 Å². The number of hydrogen-bond acceptors (Lipinski definition) is 4. The summed E-state index contributed by atoms with van der Waals surface area (Å²) in [5.41, 5.74) is 1.15. The summed E-state index contributed by atoms with van der Waals surface area (Å²) in [6.45, 7) is 1.44. The number of nitrogens with zero attached hydrogens (tertiary/aromatic N) is 3. The van der Waals surface area contributed by atoms with Crippen molar-refractivity contribution < 1.29 is 9.53 Å². The fourth-order valence-corrected chi connectivity index (χ4v) is 2.52. The van der Waals surface area contributed by atoms with Crippen molar-refractivity contribution in [1.82, 2.24) is 14.7 Å². The molecule has 5 nitrogen and oxygen atoms in total. The van der Waals surface area contributed by atoms with Crippen molar-refractivity contribution in [3.05, 3.63) is 45.3 Å². The minimum Gasteiger partial charge on any atom is -0.493 e. The van der Waals surface area contributed by atoms with E-state index in [-0.39, 0.29) is 5.78 Å². The molecule has 0 aliphatic rings. The quantitative estimate of drug-likeness (QED) is 0.553. The first-order chi connectivity index (χ1) is 10.0. The van der Waals surface area contributed by atoms with Gasteiger partial charge < -0.3 is 9.64 Å². The number of ether oxygens (including phenoxy) is 1. The average molecular weight is 399 g/mol. The van der Waals surface area contributed by atoms with Gasteiger partial charge in [0.25, 0.3) is 0 Å². The molecule has 21 heavy (non-hydrogen) atoms. The lowest BCUT2D eigenvalue weighted by atomic mass is 10.1. The van der Waals surface area contributed by atoms with Crippen LogP contribution >= 0.6 is 22.6 Å². The summed E-state index contributed by atoms with van der Waals surface area (Å²) < 4.78 is 8.02. The highest BCUT2D eigenvalue weighted by Gasteiger charge is 2.21. The molecule has 2 aromatic rings. The smallest absolute Gasteiger partial charge is 0.214 e. The average Bonchev–Trinajstić information content (AvgIpc) is 2.87. The number of rotatable bonds is 6. The topological polar surface area (TPSA) is 47.4 Å². The number of benzene rings is 1.